The minimum atomic E-state index is -4.38. The van der Waals surface area contributed by atoms with Crippen LogP contribution in [0.3, 0.4) is 0 Å². The topological polar surface area (TPSA) is 55.1 Å². The maximum Gasteiger partial charge on any atom is 0.416 e. The standard InChI is InChI=1S/C12H15F3N2OS/c13-12(14,15)8-1-2-11(10(16)7-8)17-9-3-5-19(18)6-4-9/h1-2,7,9,17H,3-6,16H2. The first-order valence-corrected chi connectivity index (χ1v) is 7.43. The van der Waals surface area contributed by atoms with Crippen molar-refractivity contribution in [1.29, 1.82) is 0 Å². The summed E-state index contributed by atoms with van der Waals surface area (Å²) < 4.78 is 48.7. The molecule has 0 atom stereocenters. The van der Waals surface area contributed by atoms with Crippen LogP contribution < -0.4 is 11.1 Å². The zero-order valence-electron chi connectivity index (χ0n) is 10.2. The average molecular weight is 292 g/mol. The molecule has 1 aliphatic rings. The van der Waals surface area contributed by atoms with E-state index in [1.54, 1.807) is 0 Å². The van der Waals surface area contributed by atoms with Crippen molar-refractivity contribution >= 4 is 22.2 Å². The Bertz CT molecular complexity index is 480. The van der Waals surface area contributed by atoms with Gasteiger partial charge in [0.15, 0.2) is 0 Å². The number of alkyl halides is 3. The highest BCUT2D eigenvalue weighted by atomic mass is 32.2. The molecule has 3 N–H and O–H groups in total. The molecule has 1 aromatic carbocycles. The van der Waals surface area contributed by atoms with Crippen molar-refractivity contribution in [3.8, 4) is 0 Å². The monoisotopic (exact) mass is 292 g/mol. The van der Waals surface area contributed by atoms with Crippen LogP contribution in [0.4, 0.5) is 24.5 Å². The lowest BCUT2D eigenvalue weighted by Gasteiger charge is -2.24. The Labute approximate surface area is 111 Å². The van der Waals surface area contributed by atoms with E-state index in [0.29, 0.717) is 17.2 Å². The molecule has 0 amide bonds. The van der Waals surface area contributed by atoms with E-state index < -0.39 is 22.5 Å². The highest BCUT2D eigenvalue weighted by Gasteiger charge is 2.31. The maximum atomic E-state index is 12.5. The average Bonchev–Trinajstić information content (AvgIpc) is 2.33. The Kier molecular flexibility index (Phi) is 4.03. The molecule has 1 aliphatic heterocycles. The van der Waals surface area contributed by atoms with Gasteiger partial charge in [-0.1, -0.05) is 0 Å². The fourth-order valence-corrected chi connectivity index (χ4v) is 3.33. The van der Waals surface area contributed by atoms with Gasteiger partial charge >= 0.3 is 6.18 Å². The fraction of sp³-hybridized carbons (Fsp3) is 0.500. The summed E-state index contributed by atoms with van der Waals surface area (Å²) in [4.78, 5) is 0. The van der Waals surface area contributed by atoms with E-state index in [9.17, 15) is 17.4 Å². The molecular formula is C12H15F3N2OS. The van der Waals surface area contributed by atoms with Gasteiger partial charge in [-0.25, -0.2) is 0 Å². The van der Waals surface area contributed by atoms with Gasteiger partial charge in [0, 0.05) is 28.3 Å². The van der Waals surface area contributed by atoms with Crippen LogP contribution in [0.1, 0.15) is 18.4 Å². The first-order valence-electron chi connectivity index (χ1n) is 5.94. The predicted octanol–water partition coefficient (Wildman–Crippen LogP) is 2.61. The van der Waals surface area contributed by atoms with E-state index in [0.717, 1.165) is 25.0 Å². The van der Waals surface area contributed by atoms with E-state index in [-0.39, 0.29) is 11.7 Å². The van der Waals surface area contributed by atoms with Crippen molar-refractivity contribution < 1.29 is 17.4 Å². The summed E-state index contributed by atoms with van der Waals surface area (Å²) in [7, 11) is -0.760. The number of anilines is 2. The third-order valence-electron chi connectivity index (χ3n) is 3.13. The summed E-state index contributed by atoms with van der Waals surface area (Å²) in [6, 6.07) is 3.42. The van der Waals surface area contributed by atoms with Gasteiger partial charge in [0.1, 0.15) is 0 Å². The number of hydrogen-bond acceptors (Lipinski definition) is 3. The van der Waals surface area contributed by atoms with Crippen molar-refractivity contribution in [3.05, 3.63) is 23.8 Å². The van der Waals surface area contributed by atoms with E-state index in [2.05, 4.69) is 5.32 Å². The molecule has 0 bridgehead atoms. The van der Waals surface area contributed by atoms with Gasteiger partial charge in [-0.2, -0.15) is 13.2 Å². The number of halogens is 3. The molecular weight excluding hydrogens is 277 g/mol. The Hall–Kier alpha value is -1.24. The van der Waals surface area contributed by atoms with Crippen molar-refractivity contribution in [1.82, 2.24) is 0 Å². The SMILES string of the molecule is Nc1cc(C(F)(F)F)ccc1NC1CCS(=O)CC1. The van der Waals surface area contributed by atoms with E-state index in [1.165, 1.54) is 6.07 Å². The summed E-state index contributed by atoms with van der Waals surface area (Å²) in [5, 5.41) is 3.12. The van der Waals surface area contributed by atoms with Gasteiger partial charge in [0.2, 0.25) is 0 Å². The van der Waals surface area contributed by atoms with Crippen molar-refractivity contribution in [2.24, 2.45) is 0 Å². The van der Waals surface area contributed by atoms with Crippen LogP contribution in [-0.4, -0.2) is 21.8 Å². The van der Waals surface area contributed by atoms with Gasteiger partial charge < -0.3 is 11.1 Å². The van der Waals surface area contributed by atoms with Gasteiger partial charge in [0.25, 0.3) is 0 Å². The molecule has 2 rings (SSSR count). The van der Waals surface area contributed by atoms with Gasteiger partial charge in [-0.3, -0.25) is 4.21 Å². The zero-order chi connectivity index (χ0) is 14.0. The molecule has 1 fully saturated rings. The summed E-state index contributed by atoms with van der Waals surface area (Å²) in [6.45, 7) is 0. The van der Waals surface area contributed by atoms with Crippen LogP contribution >= 0.6 is 0 Å². The molecule has 0 aliphatic carbocycles. The Morgan fingerprint density at radius 2 is 1.89 bits per heavy atom. The lowest BCUT2D eigenvalue weighted by Crippen LogP contribution is -2.29. The van der Waals surface area contributed by atoms with E-state index in [4.69, 9.17) is 5.73 Å². The molecule has 7 heteroatoms. The number of nitrogen functional groups attached to an aromatic ring is 1. The highest BCUT2D eigenvalue weighted by Crippen LogP contribution is 2.33. The minimum Gasteiger partial charge on any atom is -0.397 e. The molecule has 3 nitrogen and oxygen atoms in total. The summed E-state index contributed by atoms with van der Waals surface area (Å²) in [5.74, 6) is 1.25. The minimum absolute atomic E-state index is 0.0847. The van der Waals surface area contributed by atoms with Gasteiger partial charge in [-0.05, 0) is 31.0 Å². The lowest BCUT2D eigenvalue weighted by atomic mass is 10.1. The second kappa shape index (κ2) is 5.40. The highest BCUT2D eigenvalue weighted by molar-refractivity contribution is 7.85. The Morgan fingerprint density at radius 3 is 2.42 bits per heavy atom. The van der Waals surface area contributed by atoms with Crippen LogP contribution in [-0.2, 0) is 17.0 Å². The van der Waals surface area contributed by atoms with Gasteiger partial charge in [-0.15, -0.1) is 0 Å². The molecule has 0 spiro atoms. The molecule has 1 saturated heterocycles. The first kappa shape index (κ1) is 14.2. The van der Waals surface area contributed by atoms with Crippen LogP contribution in [0.2, 0.25) is 0 Å². The zero-order valence-corrected chi connectivity index (χ0v) is 11.0. The van der Waals surface area contributed by atoms with Crippen molar-refractivity contribution in [3.63, 3.8) is 0 Å². The summed E-state index contributed by atoms with van der Waals surface area (Å²) in [6.07, 6.45) is -2.89. The molecule has 0 saturated carbocycles. The number of rotatable bonds is 2. The van der Waals surface area contributed by atoms with E-state index >= 15 is 0 Å². The van der Waals surface area contributed by atoms with Crippen molar-refractivity contribution in [2.75, 3.05) is 22.6 Å². The molecule has 0 radical (unpaired) electrons. The number of hydrogen-bond donors (Lipinski definition) is 2. The number of benzene rings is 1. The smallest absolute Gasteiger partial charge is 0.397 e. The molecule has 19 heavy (non-hydrogen) atoms. The Balaban J connectivity index is 2.07. The van der Waals surface area contributed by atoms with Gasteiger partial charge in [0.05, 0.1) is 16.9 Å². The maximum absolute atomic E-state index is 12.5. The second-order valence-electron chi connectivity index (χ2n) is 4.57. The first-order chi connectivity index (χ1) is 8.86. The van der Waals surface area contributed by atoms with Crippen LogP contribution in [0, 0.1) is 0 Å². The number of nitrogens with one attached hydrogen (secondary N) is 1. The molecule has 1 heterocycles. The van der Waals surface area contributed by atoms with Crippen LogP contribution in [0.25, 0.3) is 0 Å². The summed E-state index contributed by atoms with van der Waals surface area (Å²) >= 11 is 0. The van der Waals surface area contributed by atoms with Crippen LogP contribution in [0.5, 0.6) is 0 Å². The molecule has 0 aromatic heterocycles. The van der Waals surface area contributed by atoms with Crippen LogP contribution in [0.15, 0.2) is 18.2 Å². The molecule has 106 valence electrons. The number of nitrogens with two attached hydrogens (primary N) is 1. The third kappa shape index (κ3) is 3.62. The molecule has 1 aromatic rings. The largest absolute Gasteiger partial charge is 0.416 e. The molecule has 0 unspecified atom stereocenters. The predicted molar refractivity (Wildman–Crippen MR) is 70.4 cm³/mol. The third-order valence-corrected chi connectivity index (χ3v) is 4.51. The fourth-order valence-electron chi connectivity index (χ4n) is 2.03. The van der Waals surface area contributed by atoms with E-state index in [1.807, 2.05) is 0 Å². The normalized spacial score (nSPS) is 24.2. The quantitative estimate of drug-likeness (QED) is 0.824. The van der Waals surface area contributed by atoms with Crippen molar-refractivity contribution in [2.45, 2.75) is 25.1 Å². The second-order valence-corrected chi connectivity index (χ2v) is 6.26. The summed E-state index contributed by atoms with van der Waals surface area (Å²) in [5.41, 5.74) is 5.48. The Morgan fingerprint density at radius 1 is 1.26 bits per heavy atom. The lowest BCUT2D eigenvalue weighted by molar-refractivity contribution is -0.137.